The molecule has 17 heavy (non-hydrogen) atoms. The van der Waals surface area contributed by atoms with Gasteiger partial charge < -0.3 is 11.1 Å². The molecule has 0 aliphatic rings. The van der Waals surface area contributed by atoms with E-state index in [4.69, 9.17) is 5.73 Å². The summed E-state index contributed by atoms with van der Waals surface area (Å²) in [5, 5.41) is 2.80. The molecule has 0 unspecified atom stereocenters. The van der Waals surface area contributed by atoms with Crippen LogP contribution in [-0.4, -0.2) is 11.8 Å². The Morgan fingerprint density at radius 1 is 1.24 bits per heavy atom. The number of anilines is 1. The highest BCUT2D eigenvalue weighted by Crippen LogP contribution is 2.10. The normalized spacial score (nSPS) is 9.94. The summed E-state index contributed by atoms with van der Waals surface area (Å²) in [6.45, 7) is 2.05. The van der Waals surface area contributed by atoms with Gasteiger partial charge in [-0.15, -0.1) is 0 Å². The lowest BCUT2D eigenvalue weighted by Crippen LogP contribution is -2.14. The van der Waals surface area contributed by atoms with E-state index in [0.29, 0.717) is 6.42 Å². The zero-order chi connectivity index (χ0) is 12.7. The van der Waals surface area contributed by atoms with Crippen molar-refractivity contribution >= 4 is 17.5 Å². The summed E-state index contributed by atoms with van der Waals surface area (Å²) in [5.41, 5.74) is 6.69. The third-order valence-electron chi connectivity index (χ3n) is 2.37. The Morgan fingerprint density at radius 2 is 1.88 bits per heavy atom. The molecule has 0 saturated heterocycles. The highest BCUT2D eigenvalue weighted by Gasteiger charge is 2.02. The number of nitrogens with one attached hydrogen (secondary N) is 1. The molecule has 0 aromatic heterocycles. The number of nitrogens with two attached hydrogens (primary N) is 1. The summed E-state index contributed by atoms with van der Waals surface area (Å²) >= 11 is 0. The first-order valence-corrected chi connectivity index (χ1v) is 5.79. The van der Waals surface area contributed by atoms with Crippen molar-refractivity contribution in [2.45, 2.75) is 32.6 Å². The standard InChI is InChI=1S/C13H18N2O2/c1-2-3-4-13(17)15-11-7-5-10(6-8-11)9-12(14)16/h5-8H,2-4,9H2,1H3,(H2,14,16)(H,15,17). The van der Waals surface area contributed by atoms with Crippen LogP contribution >= 0.6 is 0 Å². The first-order valence-electron chi connectivity index (χ1n) is 5.79. The van der Waals surface area contributed by atoms with Crippen molar-refractivity contribution in [2.75, 3.05) is 5.32 Å². The number of unbranched alkanes of at least 4 members (excludes halogenated alkanes) is 1. The molecule has 0 saturated carbocycles. The van der Waals surface area contributed by atoms with E-state index < -0.39 is 0 Å². The summed E-state index contributed by atoms with van der Waals surface area (Å²) in [7, 11) is 0. The van der Waals surface area contributed by atoms with Gasteiger partial charge >= 0.3 is 0 Å². The fourth-order valence-electron chi connectivity index (χ4n) is 1.47. The number of rotatable bonds is 6. The summed E-state index contributed by atoms with van der Waals surface area (Å²) in [6.07, 6.45) is 2.67. The molecule has 1 rings (SSSR count). The first kappa shape index (κ1) is 13.2. The summed E-state index contributed by atoms with van der Waals surface area (Å²) in [5.74, 6) is -0.334. The number of carbonyl (C=O) groups is 2. The Hall–Kier alpha value is -1.84. The number of amides is 2. The van der Waals surface area contributed by atoms with Crippen LogP contribution in [0.25, 0.3) is 0 Å². The summed E-state index contributed by atoms with van der Waals surface area (Å²) in [6, 6.07) is 7.14. The molecule has 0 atom stereocenters. The van der Waals surface area contributed by atoms with E-state index in [1.54, 1.807) is 24.3 Å². The highest BCUT2D eigenvalue weighted by atomic mass is 16.1. The van der Waals surface area contributed by atoms with Crippen molar-refractivity contribution in [2.24, 2.45) is 5.73 Å². The van der Waals surface area contributed by atoms with E-state index >= 15 is 0 Å². The van der Waals surface area contributed by atoms with Gasteiger partial charge in [-0.3, -0.25) is 9.59 Å². The van der Waals surface area contributed by atoms with Gasteiger partial charge in [0.1, 0.15) is 0 Å². The second kappa shape index (κ2) is 6.68. The molecule has 0 radical (unpaired) electrons. The van der Waals surface area contributed by atoms with Crippen molar-refractivity contribution in [3.8, 4) is 0 Å². The van der Waals surface area contributed by atoms with E-state index in [1.165, 1.54) is 0 Å². The predicted molar refractivity (Wildman–Crippen MR) is 67.5 cm³/mol. The number of hydrogen-bond acceptors (Lipinski definition) is 2. The van der Waals surface area contributed by atoms with Gasteiger partial charge in [-0.2, -0.15) is 0 Å². The molecule has 0 spiro atoms. The maximum Gasteiger partial charge on any atom is 0.224 e. The van der Waals surface area contributed by atoms with Crippen LogP contribution in [0.3, 0.4) is 0 Å². The minimum atomic E-state index is -0.357. The Balaban J connectivity index is 2.50. The molecule has 0 heterocycles. The SMILES string of the molecule is CCCCC(=O)Nc1ccc(CC(N)=O)cc1. The average Bonchev–Trinajstić information content (AvgIpc) is 2.28. The average molecular weight is 234 g/mol. The molecule has 4 nitrogen and oxygen atoms in total. The van der Waals surface area contributed by atoms with Crippen LogP contribution in [0.15, 0.2) is 24.3 Å². The van der Waals surface area contributed by atoms with Crippen molar-refractivity contribution < 1.29 is 9.59 Å². The maximum absolute atomic E-state index is 11.4. The van der Waals surface area contributed by atoms with Gasteiger partial charge in [0.05, 0.1) is 6.42 Å². The molecular weight excluding hydrogens is 216 g/mol. The van der Waals surface area contributed by atoms with Crippen LogP contribution in [0.1, 0.15) is 31.7 Å². The van der Waals surface area contributed by atoms with E-state index in [-0.39, 0.29) is 18.2 Å². The molecule has 0 aliphatic heterocycles. The second-order valence-corrected chi connectivity index (χ2v) is 3.99. The molecule has 0 fully saturated rings. The van der Waals surface area contributed by atoms with Crippen LogP contribution < -0.4 is 11.1 Å². The highest BCUT2D eigenvalue weighted by molar-refractivity contribution is 5.90. The molecular formula is C13H18N2O2. The lowest BCUT2D eigenvalue weighted by Gasteiger charge is -2.05. The van der Waals surface area contributed by atoms with Crippen molar-refractivity contribution in [3.05, 3.63) is 29.8 Å². The van der Waals surface area contributed by atoms with Crippen LogP contribution in [0.5, 0.6) is 0 Å². The Morgan fingerprint density at radius 3 is 2.41 bits per heavy atom. The van der Waals surface area contributed by atoms with Crippen molar-refractivity contribution in [1.29, 1.82) is 0 Å². The zero-order valence-corrected chi connectivity index (χ0v) is 10.0. The minimum Gasteiger partial charge on any atom is -0.369 e. The van der Waals surface area contributed by atoms with Crippen molar-refractivity contribution in [1.82, 2.24) is 0 Å². The largest absolute Gasteiger partial charge is 0.369 e. The fourth-order valence-corrected chi connectivity index (χ4v) is 1.47. The molecule has 1 aromatic rings. The number of carbonyl (C=O) groups excluding carboxylic acids is 2. The monoisotopic (exact) mass is 234 g/mol. The van der Waals surface area contributed by atoms with E-state index in [9.17, 15) is 9.59 Å². The second-order valence-electron chi connectivity index (χ2n) is 3.99. The van der Waals surface area contributed by atoms with Crippen LogP contribution in [0, 0.1) is 0 Å². The molecule has 1 aromatic carbocycles. The van der Waals surface area contributed by atoms with E-state index in [2.05, 4.69) is 5.32 Å². The molecule has 92 valence electrons. The zero-order valence-electron chi connectivity index (χ0n) is 10.0. The lowest BCUT2D eigenvalue weighted by molar-refractivity contribution is -0.117. The van der Waals surface area contributed by atoms with E-state index in [0.717, 1.165) is 24.1 Å². The van der Waals surface area contributed by atoms with Crippen LogP contribution in [0.4, 0.5) is 5.69 Å². The van der Waals surface area contributed by atoms with Crippen LogP contribution in [0.2, 0.25) is 0 Å². The number of primary amides is 1. The number of benzene rings is 1. The van der Waals surface area contributed by atoms with Gasteiger partial charge in [0.2, 0.25) is 11.8 Å². The molecule has 3 N–H and O–H groups in total. The fraction of sp³-hybridized carbons (Fsp3) is 0.385. The van der Waals surface area contributed by atoms with Gasteiger partial charge in [-0.1, -0.05) is 25.5 Å². The topological polar surface area (TPSA) is 72.2 Å². The van der Waals surface area contributed by atoms with Gasteiger partial charge in [-0.05, 0) is 24.1 Å². The van der Waals surface area contributed by atoms with Gasteiger partial charge in [0.15, 0.2) is 0 Å². The summed E-state index contributed by atoms with van der Waals surface area (Å²) < 4.78 is 0. The minimum absolute atomic E-state index is 0.0227. The van der Waals surface area contributed by atoms with E-state index in [1.807, 2.05) is 6.92 Å². The first-order chi connectivity index (χ1) is 8.11. The smallest absolute Gasteiger partial charge is 0.224 e. The third-order valence-corrected chi connectivity index (χ3v) is 2.37. The Kier molecular flexibility index (Phi) is 5.20. The lowest BCUT2D eigenvalue weighted by atomic mass is 10.1. The third kappa shape index (κ3) is 5.15. The molecule has 4 heteroatoms. The van der Waals surface area contributed by atoms with Gasteiger partial charge in [0, 0.05) is 12.1 Å². The maximum atomic E-state index is 11.4. The van der Waals surface area contributed by atoms with Gasteiger partial charge in [-0.25, -0.2) is 0 Å². The molecule has 0 aliphatic carbocycles. The van der Waals surface area contributed by atoms with Gasteiger partial charge in [0.25, 0.3) is 0 Å². The Labute approximate surface area is 101 Å². The molecule has 2 amide bonds. The molecule has 0 bridgehead atoms. The summed E-state index contributed by atoms with van der Waals surface area (Å²) in [4.78, 5) is 22.2. The number of hydrogen-bond donors (Lipinski definition) is 2. The predicted octanol–water partition coefficient (Wildman–Crippen LogP) is 1.84. The van der Waals surface area contributed by atoms with Crippen molar-refractivity contribution in [3.63, 3.8) is 0 Å². The van der Waals surface area contributed by atoms with Crippen LogP contribution in [-0.2, 0) is 16.0 Å². The Bertz CT molecular complexity index is 385. The quantitative estimate of drug-likeness (QED) is 0.788.